The van der Waals surface area contributed by atoms with Gasteiger partial charge >= 0.3 is 0 Å². The lowest BCUT2D eigenvalue weighted by atomic mass is 9.85. The predicted octanol–water partition coefficient (Wildman–Crippen LogP) is 3.67. The molecule has 0 saturated carbocycles. The number of hydrogen-bond acceptors (Lipinski definition) is 2. The van der Waals surface area contributed by atoms with Gasteiger partial charge in [0.1, 0.15) is 12.0 Å². The van der Waals surface area contributed by atoms with E-state index in [-0.39, 0.29) is 0 Å². The summed E-state index contributed by atoms with van der Waals surface area (Å²) in [7, 11) is 1.65. The lowest BCUT2D eigenvalue weighted by molar-refractivity contribution is -0.107. The Bertz CT molecular complexity index is 466. The van der Waals surface area contributed by atoms with Crippen molar-refractivity contribution >= 4 is 17.9 Å². The highest BCUT2D eigenvalue weighted by Gasteiger charge is 2.22. The molecular formula is C15H19ClO2. The first-order valence-electron chi connectivity index (χ1n) is 6.51. The number of ether oxygens (including phenoxy) is 1. The highest BCUT2D eigenvalue weighted by atomic mass is 35.5. The SMILES string of the molecule is COc1c(Cl)c2c(c(C)c1CCC=O)CCCC2. The number of carbonyl (C=O) groups is 1. The fraction of sp³-hybridized carbons (Fsp3) is 0.533. The predicted molar refractivity (Wildman–Crippen MR) is 73.8 cm³/mol. The molecule has 1 aromatic carbocycles. The molecule has 18 heavy (non-hydrogen) atoms. The second-order valence-electron chi connectivity index (χ2n) is 4.82. The molecule has 0 aliphatic heterocycles. The molecule has 0 aromatic heterocycles. The second-order valence-corrected chi connectivity index (χ2v) is 5.20. The maximum atomic E-state index is 10.6. The van der Waals surface area contributed by atoms with Crippen LogP contribution in [0.4, 0.5) is 0 Å². The minimum absolute atomic E-state index is 0.520. The molecule has 0 saturated heterocycles. The first-order valence-corrected chi connectivity index (χ1v) is 6.88. The largest absolute Gasteiger partial charge is 0.495 e. The number of benzene rings is 1. The van der Waals surface area contributed by atoms with Crippen LogP contribution in [0.2, 0.25) is 5.02 Å². The Morgan fingerprint density at radius 3 is 2.56 bits per heavy atom. The summed E-state index contributed by atoms with van der Waals surface area (Å²) in [5, 5.41) is 0.763. The van der Waals surface area contributed by atoms with E-state index >= 15 is 0 Å². The Morgan fingerprint density at radius 1 is 1.28 bits per heavy atom. The van der Waals surface area contributed by atoms with Gasteiger partial charge in [0, 0.05) is 6.42 Å². The molecular weight excluding hydrogens is 248 g/mol. The number of fused-ring (bicyclic) bond motifs is 1. The zero-order valence-corrected chi connectivity index (χ0v) is 11.8. The van der Waals surface area contributed by atoms with Crippen LogP contribution in [-0.2, 0) is 24.1 Å². The molecule has 0 heterocycles. The van der Waals surface area contributed by atoms with Gasteiger partial charge in [-0.2, -0.15) is 0 Å². The highest BCUT2D eigenvalue weighted by molar-refractivity contribution is 6.33. The van der Waals surface area contributed by atoms with Crippen LogP contribution in [0, 0.1) is 6.92 Å². The fourth-order valence-corrected chi connectivity index (χ4v) is 3.30. The van der Waals surface area contributed by atoms with Gasteiger partial charge in [-0.15, -0.1) is 0 Å². The van der Waals surface area contributed by atoms with Gasteiger partial charge in [0.25, 0.3) is 0 Å². The lowest BCUT2D eigenvalue weighted by Gasteiger charge is -2.24. The Kier molecular flexibility index (Phi) is 4.28. The molecule has 1 aromatic rings. The zero-order chi connectivity index (χ0) is 13.1. The van der Waals surface area contributed by atoms with Crippen molar-refractivity contribution < 1.29 is 9.53 Å². The van der Waals surface area contributed by atoms with E-state index in [0.29, 0.717) is 12.8 Å². The molecule has 1 aliphatic carbocycles. The number of carbonyl (C=O) groups excluding carboxylic acids is 1. The maximum absolute atomic E-state index is 10.6. The van der Waals surface area contributed by atoms with Crippen molar-refractivity contribution in [1.82, 2.24) is 0 Å². The third-order valence-corrected chi connectivity index (χ3v) is 4.23. The van der Waals surface area contributed by atoms with Crippen LogP contribution < -0.4 is 4.74 Å². The van der Waals surface area contributed by atoms with E-state index in [0.717, 1.165) is 35.5 Å². The van der Waals surface area contributed by atoms with Crippen molar-refractivity contribution in [2.45, 2.75) is 45.4 Å². The third kappa shape index (κ3) is 2.26. The first-order chi connectivity index (χ1) is 8.70. The van der Waals surface area contributed by atoms with E-state index in [1.165, 1.54) is 29.5 Å². The number of methoxy groups -OCH3 is 1. The van der Waals surface area contributed by atoms with E-state index in [1.54, 1.807) is 7.11 Å². The molecule has 0 fully saturated rings. The van der Waals surface area contributed by atoms with E-state index in [1.807, 2.05) is 0 Å². The minimum atomic E-state index is 0.520. The molecule has 0 unspecified atom stereocenters. The van der Waals surface area contributed by atoms with E-state index in [9.17, 15) is 4.79 Å². The van der Waals surface area contributed by atoms with Gasteiger partial charge in [0.2, 0.25) is 0 Å². The van der Waals surface area contributed by atoms with Crippen LogP contribution in [0.15, 0.2) is 0 Å². The summed E-state index contributed by atoms with van der Waals surface area (Å²) < 4.78 is 5.47. The number of hydrogen-bond donors (Lipinski definition) is 0. The highest BCUT2D eigenvalue weighted by Crippen LogP contribution is 2.41. The van der Waals surface area contributed by atoms with Crippen LogP contribution in [0.1, 0.15) is 41.5 Å². The maximum Gasteiger partial charge on any atom is 0.141 e. The second kappa shape index (κ2) is 5.75. The third-order valence-electron chi connectivity index (χ3n) is 3.83. The van der Waals surface area contributed by atoms with E-state index < -0.39 is 0 Å². The number of rotatable bonds is 4. The molecule has 2 rings (SSSR count). The van der Waals surface area contributed by atoms with E-state index in [2.05, 4.69) is 6.92 Å². The van der Waals surface area contributed by atoms with Gasteiger partial charge in [0.05, 0.1) is 12.1 Å². The van der Waals surface area contributed by atoms with Gasteiger partial charge in [0.15, 0.2) is 0 Å². The monoisotopic (exact) mass is 266 g/mol. The van der Waals surface area contributed by atoms with Crippen LogP contribution in [0.25, 0.3) is 0 Å². The van der Waals surface area contributed by atoms with Crippen molar-refractivity contribution in [2.24, 2.45) is 0 Å². The molecule has 1 aliphatic rings. The standard InChI is InChI=1S/C15H19ClO2/c1-10-11-6-3-4-7-13(11)14(16)15(18-2)12(10)8-5-9-17/h9H,3-8H2,1-2H3. The molecule has 0 spiro atoms. The Hall–Kier alpha value is -1.02. The Labute approximate surface area is 113 Å². The molecule has 98 valence electrons. The summed E-state index contributed by atoms with van der Waals surface area (Å²) >= 11 is 6.47. The number of aldehydes is 1. The minimum Gasteiger partial charge on any atom is -0.495 e. The summed E-state index contributed by atoms with van der Waals surface area (Å²) in [5.74, 6) is 0.775. The Morgan fingerprint density at radius 2 is 1.94 bits per heavy atom. The van der Waals surface area contributed by atoms with Gasteiger partial charge in [-0.05, 0) is 61.3 Å². The molecule has 0 amide bonds. The van der Waals surface area contributed by atoms with Gasteiger partial charge < -0.3 is 9.53 Å². The summed E-state index contributed by atoms with van der Waals surface area (Å²) in [6.45, 7) is 2.13. The van der Waals surface area contributed by atoms with Crippen LogP contribution in [0.3, 0.4) is 0 Å². The van der Waals surface area contributed by atoms with Crippen molar-refractivity contribution in [3.05, 3.63) is 27.3 Å². The van der Waals surface area contributed by atoms with Crippen LogP contribution >= 0.6 is 11.6 Å². The molecule has 0 radical (unpaired) electrons. The van der Waals surface area contributed by atoms with Gasteiger partial charge in [-0.1, -0.05) is 11.6 Å². The lowest BCUT2D eigenvalue weighted by Crippen LogP contribution is -2.10. The summed E-state index contributed by atoms with van der Waals surface area (Å²) in [4.78, 5) is 10.6. The Balaban J connectivity index is 2.56. The van der Waals surface area contributed by atoms with Crippen molar-refractivity contribution in [1.29, 1.82) is 0 Å². The average molecular weight is 267 g/mol. The quantitative estimate of drug-likeness (QED) is 0.778. The van der Waals surface area contributed by atoms with Gasteiger partial charge in [-0.3, -0.25) is 0 Å². The topological polar surface area (TPSA) is 26.3 Å². The smallest absolute Gasteiger partial charge is 0.141 e. The number of halogens is 1. The molecule has 0 bridgehead atoms. The van der Waals surface area contributed by atoms with Crippen molar-refractivity contribution in [3.63, 3.8) is 0 Å². The molecule has 0 N–H and O–H groups in total. The molecule has 2 nitrogen and oxygen atoms in total. The molecule has 3 heteroatoms. The summed E-state index contributed by atoms with van der Waals surface area (Å²) in [5.41, 5.74) is 5.02. The summed E-state index contributed by atoms with van der Waals surface area (Å²) in [6.07, 6.45) is 6.75. The first kappa shape index (κ1) is 13.4. The van der Waals surface area contributed by atoms with E-state index in [4.69, 9.17) is 16.3 Å². The normalized spacial score (nSPS) is 14.2. The van der Waals surface area contributed by atoms with Crippen LogP contribution in [-0.4, -0.2) is 13.4 Å². The van der Waals surface area contributed by atoms with Crippen molar-refractivity contribution in [3.8, 4) is 5.75 Å². The summed E-state index contributed by atoms with van der Waals surface area (Å²) in [6, 6.07) is 0. The fourth-order valence-electron chi connectivity index (χ4n) is 2.90. The molecule has 0 atom stereocenters. The van der Waals surface area contributed by atoms with Crippen LogP contribution in [0.5, 0.6) is 5.75 Å². The van der Waals surface area contributed by atoms with Gasteiger partial charge in [-0.25, -0.2) is 0 Å². The van der Waals surface area contributed by atoms with Crippen molar-refractivity contribution in [2.75, 3.05) is 7.11 Å². The average Bonchev–Trinajstić information content (AvgIpc) is 2.41. The zero-order valence-electron chi connectivity index (χ0n) is 11.0.